The van der Waals surface area contributed by atoms with Crippen molar-refractivity contribution in [3.8, 4) is 5.75 Å². The number of hydrogen-bond donors (Lipinski definition) is 0. The molecule has 0 saturated carbocycles. The van der Waals surface area contributed by atoms with E-state index in [1.165, 1.54) is 4.31 Å². The minimum atomic E-state index is -3.60. The second-order valence-electron chi connectivity index (χ2n) is 5.91. The van der Waals surface area contributed by atoms with E-state index in [9.17, 15) is 8.42 Å². The Balaban J connectivity index is 1.87. The lowest BCUT2D eigenvalue weighted by molar-refractivity contribution is -0.00256. The van der Waals surface area contributed by atoms with E-state index in [2.05, 4.69) is 0 Å². The molecule has 134 valence electrons. The Bertz CT molecular complexity index is 869. The molecule has 3 rings (SSSR count). The van der Waals surface area contributed by atoms with Crippen molar-refractivity contribution in [2.75, 3.05) is 26.8 Å². The fourth-order valence-corrected chi connectivity index (χ4v) is 4.76. The van der Waals surface area contributed by atoms with Crippen LogP contribution in [0, 0.1) is 6.92 Å². The van der Waals surface area contributed by atoms with Gasteiger partial charge in [-0.15, -0.1) is 0 Å². The van der Waals surface area contributed by atoms with E-state index in [1.807, 2.05) is 12.1 Å². The zero-order valence-electron chi connectivity index (χ0n) is 14.1. The largest absolute Gasteiger partial charge is 0.497 e. The van der Waals surface area contributed by atoms with Crippen LogP contribution in [-0.2, 0) is 14.8 Å². The molecule has 2 aromatic carbocycles. The number of methoxy groups -OCH3 is 1. The smallest absolute Gasteiger partial charge is 0.243 e. The van der Waals surface area contributed by atoms with Crippen LogP contribution < -0.4 is 4.74 Å². The number of sulfonamides is 1. The van der Waals surface area contributed by atoms with Crippen molar-refractivity contribution in [2.45, 2.75) is 17.9 Å². The summed E-state index contributed by atoms with van der Waals surface area (Å²) in [7, 11) is -2.05. The lowest BCUT2D eigenvalue weighted by Gasteiger charge is -2.32. The van der Waals surface area contributed by atoms with Gasteiger partial charge in [0.25, 0.3) is 0 Å². The molecule has 0 bridgehead atoms. The van der Waals surface area contributed by atoms with E-state index >= 15 is 0 Å². The van der Waals surface area contributed by atoms with Gasteiger partial charge in [-0.3, -0.25) is 0 Å². The number of ether oxygens (including phenoxy) is 2. The molecule has 1 fully saturated rings. The van der Waals surface area contributed by atoms with Gasteiger partial charge < -0.3 is 9.47 Å². The maximum absolute atomic E-state index is 13.1. The molecule has 0 N–H and O–H groups in total. The molecule has 1 aliphatic heterocycles. The highest BCUT2D eigenvalue weighted by molar-refractivity contribution is 7.89. The summed E-state index contributed by atoms with van der Waals surface area (Å²) in [6.45, 7) is 2.69. The molecule has 1 aliphatic rings. The van der Waals surface area contributed by atoms with Crippen LogP contribution in [0.25, 0.3) is 0 Å². The first-order valence-electron chi connectivity index (χ1n) is 7.93. The molecule has 1 atom stereocenters. The van der Waals surface area contributed by atoms with Crippen molar-refractivity contribution < 1.29 is 17.9 Å². The SMILES string of the molecule is COc1ccc(S(=O)(=O)N2CCOC(c3cccc(Cl)c3)C2)c(C)c1. The molecular formula is C18H20ClNO4S. The first-order chi connectivity index (χ1) is 11.9. The number of halogens is 1. The molecule has 1 unspecified atom stereocenters. The lowest BCUT2D eigenvalue weighted by Crippen LogP contribution is -2.42. The topological polar surface area (TPSA) is 55.8 Å². The maximum atomic E-state index is 13.1. The number of rotatable bonds is 4. The minimum Gasteiger partial charge on any atom is -0.497 e. The van der Waals surface area contributed by atoms with Gasteiger partial charge in [-0.05, 0) is 48.4 Å². The quantitative estimate of drug-likeness (QED) is 0.814. The van der Waals surface area contributed by atoms with Crippen LogP contribution in [0.3, 0.4) is 0 Å². The van der Waals surface area contributed by atoms with Crippen molar-refractivity contribution in [3.05, 3.63) is 58.6 Å². The number of morpholine rings is 1. The number of hydrogen-bond acceptors (Lipinski definition) is 4. The van der Waals surface area contributed by atoms with Gasteiger partial charge in [0.05, 0.1) is 24.7 Å². The molecule has 0 amide bonds. The van der Waals surface area contributed by atoms with Gasteiger partial charge in [0, 0.05) is 18.1 Å². The molecule has 2 aromatic rings. The minimum absolute atomic E-state index is 0.258. The Kier molecular flexibility index (Phi) is 5.34. The van der Waals surface area contributed by atoms with Gasteiger partial charge >= 0.3 is 0 Å². The molecule has 7 heteroatoms. The van der Waals surface area contributed by atoms with E-state index in [1.54, 1.807) is 44.4 Å². The zero-order chi connectivity index (χ0) is 18.0. The average molecular weight is 382 g/mol. The summed E-state index contributed by atoms with van der Waals surface area (Å²) in [5, 5.41) is 0.604. The first-order valence-corrected chi connectivity index (χ1v) is 9.75. The number of aryl methyl sites for hydroxylation is 1. The average Bonchev–Trinajstić information content (AvgIpc) is 2.61. The van der Waals surface area contributed by atoms with Crippen molar-refractivity contribution in [1.82, 2.24) is 4.31 Å². The van der Waals surface area contributed by atoms with Crippen molar-refractivity contribution >= 4 is 21.6 Å². The molecule has 0 radical (unpaired) electrons. The molecule has 5 nitrogen and oxygen atoms in total. The molecule has 1 saturated heterocycles. The fraction of sp³-hybridized carbons (Fsp3) is 0.333. The zero-order valence-corrected chi connectivity index (χ0v) is 15.7. The summed E-state index contributed by atoms with van der Waals surface area (Å²) < 4.78 is 38.5. The standard InChI is InChI=1S/C18H20ClNO4S/c1-13-10-16(23-2)6-7-18(13)25(21,22)20-8-9-24-17(12-20)14-4-3-5-15(19)11-14/h3-7,10-11,17H,8-9,12H2,1-2H3. The Morgan fingerprint density at radius 3 is 2.72 bits per heavy atom. The second-order valence-corrected chi connectivity index (χ2v) is 8.25. The summed E-state index contributed by atoms with van der Waals surface area (Å²) >= 11 is 6.04. The van der Waals surface area contributed by atoms with E-state index in [0.717, 1.165) is 5.56 Å². The first kappa shape index (κ1) is 18.2. The molecular weight excluding hydrogens is 362 g/mol. The highest BCUT2D eigenvalue weighted by Gasteiger charge is 2.32. The van der Waals surface area contributed by atoms with E-state index in [-0.39, 0.29) is 12.6 Å². The summed E-state index contributed by atoms with van der Waals surface area (Å²) in [5.74, 6) is 0.634. The van der Waals surface area contributed by atoms with Crippen LogP contribution >= 0.6 is 11.6 Å². The van der Waals surface area contributed by atoms with E-state index in [0.29, 0.717) is 34.4 Å². The van der Waals surface area contributed by atoms with Gasteiger partial charge in [-0.2, -0.15) is 4.31 Å². The van der Waals surface area contributed by atoms with Gasteiger partial charge in [0.2, 0.25) is 10.0 Å². The summed E-state index contributed by atoms with van der Waals surface area (Å²) in [6, 6.07) is 12.3. The third-order valence-corrected chi connectivity index (χ3v) is 6.51. The molecule has 0 spiro atoms. The van der Waals surface area contributed by atoms with Crippen molar-refractivity contribution in [1.29, 1.82) is 0 Å². The van der Waals surface area contributed by atoms with Crippen LogP contribution in [-0.4, -0.2) is 39.5 Å². The Labute approximate surface area is 153 Å². The van der Waals surface area contributed by atoms with E-state index in [4.69, 9.17) is 21.1 Å². The predicted molar refractivity (Wildman–Crippen MR) is 96.6 cm³/mol. The fourth-order valence-electron chi connectivity index (χ4n) is 2.93. The lowest BCUT2D eigenvalue weighted by atomic mass is 10.1. The number of benzene rings is 2. The highest BCUT2D eigenvalue weighted by atomic mass is 35.5. The van der Waals surface area contributed by atoms with Crippen LogP contribution in [0.5, 0.6) is 5.75 Å². The van der Waals surface area contributed by atoms with Crippen molar-refractivity contribution in [2.24, 2.45) is 0 Å². The van der Waals surface area contributed by atoms with Gasteiger partial charge in [-0.1, -0.05) is 23.7 Å². The molecule has 0 aromatic heterocycles. The van der Waals surface area contributed by atoms with E-state index < -0.39 is 10.0 Å². The Hall–Kier alpha value is -1.60. The van der Waals surface area contributed by atoms with Crippen LogP contribution in [0.4, 0.5) is 0 Å². The Morgan fingerprint density at radius 2 is 2.04 bits per heavy atom. The molecule has 25 heavy (non-hydrogen) atoms. The van der Waals surface area contributed by atoms with Crippen LogP contribution in [0.15, 0.2) is 47.4 Å². The van der Waals surface area contributed by atoms with Gasteiger partial charge in [0.1, 0.15) is 5.75 Å². The summed E-state index contributed by atoms with van der Waals surface area (Å²) in [6.07, 6.45) is -0.333. The third-order valence-electron chi connectivity index (χ3n) is 4.25. The maximum Gasteiger partial charge on any atom is 0.243 e. The van der Waals surface area contributed by atoms with Gasteiger partial charge in [0.15, 0.2) is 0 Å². The normalized spacial score (nSPS) is 18.9. The highest BCUT2D eigenvalue weighted by Crippen LogP contribution is 2.30. The van der Waals surface area contributed by atoms with Crippen LogP contribution in [0.1, 0.15) is 17.2 Å². The summed E-state index contributed by atoms with van der Waals surface area (Å²) in [4.78, 5) is 0.292. The molecule has 1 heterocycles. The second kappa shape index (κ2) is 7.33. The summed E-state index contributed by atoms with van der Waals surface area (Å²) in [5.41, 5.74) is 1.53. The molecule has 0 aliphatic carbocycles. The van der Waals surface area contributed by atoms with Crippen LogP contribution in [0.2, 0.25) is 5.02 Å². The third kappa shape index (κ3) is 3.82. The van der Waals surface area contributed by atoms with Crippen molar-refractivity contribution in [3.63, 3.8) is 0 Å². The number of nitrogens with zero attached hydrogens (tertiary/aromatic N) is 1. The Morgan fingerprint density at radius 1 is 1.24 bits per heavy atom. The monoisotopic (exact) mass is 381 g/mol. The predicted octanol–water partition coefficient (Wildman–Crippen LogP) is 3.42. The van der Waals surface area contributed by atoms with Gasteiger partial charge in [-0.25, -0.2) is 8.42 Å².